The number of amides is 1. The molecule has 1 heterocycles. The topological polar surface area (TPSA) is 55.6 Å². The zero-order valence-electron chi connectivity index (χ0n) is 16.0. The second-order valence-corrected chi connectivity index (χ2v) is 7.48. The van der Waals surface area contributed by atoms with Crippen LogP contribution in [-0.4, -0.2) is 43.7 Å². The number of ether oxygens (including phenoxy) is 1. The van der Waals surface area contributed by atoms with Gasteiger partial charge in [0, 0.05) is 32.8 Å². The Hall–Kier alpha value is -1.10. The normalized spacial score (nSPS) is 17.7. The minimum absolute atomic E-state index is 0. The fourth-order valence-corrected chi connectivity index (χ4v) is 3.36. The maximum Gasteiger partial charge on any atom is 0.233 e. The van der Waals surface area contributed by atoms with Crippen molar-refractivity contribution in [2.24, 2.45) is 11.7 Å². The predicted molar refractivity (Wildman–Crippen MR) is 105 cm³/mol. The Morgan fingerprint density at radius 2 is 1.80 bits per heavy atom. The van der Waals surface area contributed by atoms with Gasteiger partial charge in [-0.2, -0.15) is 0 Å². The van der Waals surface area contributed by atoms with Crippen LogP contribution in [0.25, 0.3) is 0 Å². The van der Waals surface area contributed by atoms with E-state index < -0.39 is 5.41 Å². The van der Waals surface area contributed by atoms with Crippen LogP contribution < -0.4 is 5.73 Å². The van der Waals surface area contributed by atoms with Gasteiger partial charge in [-0.3, -0.25) is 4.79 Å². The molecule has 2 N–H and O–H groups in total. The predicted octanol–water partition coefficient (Wildman–Crippen LogP) is 3.30. The van der Waals surface area contributed by atoms with Gasteiger partial charge in [0.15, 0.2) is 0 Å². The second kappa shape index (κ2) is 9.56. The molecule has 1 fully saturated rings. The molecule has 0 aliphatic carbocycles. The molecule has 1 aromatic carbocycles. The average molecular weight is 369 g/mol. The fourth-order valence-electron chi connectivity index (χ4n) is 3.36. The largest absolute Gasteiger partial charge is 0.381 e. The molecule has 1 atom stereocenters. The molecule has 0 radical (unpaired) electrons. The Balaban J connectivity index is 0.00000312. The van der Waals surface area contributed by atoms with Gasteiger partial charge in [0.05, 0.1) is 5.41 Å². The van der Waals surface area contributed by atoms with Crippen molar-refractivity contribution in [1.82, 2.24) is 4.90 Å². The summed E-state index contributed by atoms with van der Waals surface area (Å²) in [4.78, 5) is 15.2. The summed E-state index contributed by atoms with van der Waals surface area (Å²) < 4.78 is 5.54. The Kier molecular flexibility index (Phi) is 8.39. The van der Waals surface area contributed by atoms with Crippen LogP contribution in [0.3, 0.4) is 0 Å². The number of carbonyl (C=O) groups is 1. The number of aryl methyl sites for hydroxylation is 1. The first-order valence-electron chi connectivity index (χ1n) is 9.03. The minimum atomic E-state index is -0.456. The number of benzene rings is 1. The summed E-state index contributed by atoms with van der Waals surface area (Å²) in [6, 6.07) is 8.52. The van der Waals surface area contributed by atoms with E-state index in [-0.39, 0.29) is 24.4 Å². The molecule has 2 rings (SSSR count). The summed E-state index contributed by atoms with van der Waals surface area (Å²) in [6.45, 7) is 8.30. The van der Waals surface area contributed by atoms with Crippen LogP contribution in [0.5, 0.6) is 0 Å². The Morgan fingerprint density at radius 3 is 2.32 bits per heavy atom. The molecular formula is C20H33ClN2O2. The molecule has 4 nitrogen and oxygen atoms in total. The third-order valence-corrected chi connectivity index (χ3v) is 5.36. The maximum absolute atomic E-state index is 13.3. The molecule has 1 aliphatic rings. The highest BCUT2D eigenvalue weighted by Crippen LogP contribution is 2.36. The first-order chi connectivity index (χ1) is 11.4. The van der Waals surface area contributed by atoms with Crippen molar-refractivity contribution in [3.05, 3.63) is 35.4 Å². The third-order valence-electron chi connectivity index (χ3n) is 5.36. The molecule has 25 heavy (non-hydrogen) atoms. The van der Waals surface area contributed by atoms with E-state index in [9.17, 15) is 4.79 Å². The Bertz CT molecular complexity index is 539. The second-order valence-electron chi connectivity index (χ2n) is 7.48. The lowest BCUT2D eigenvalue weighted by atomic mass is 9.73. The first-order valence-corrected chi connectivity index (χ1v) is 9.03. The molecular weight excluding hydrogens is 336 g/mol. The molecule has 142 valence electrons. The molecule has 0 spiro atoms. The van der Waals surface area contributed by atoms with Crippen LogP contribution in [-0.2, 0) is 14.9 Å². The van der Waals surface area contributed by atoms with Crippen LogP contribution in [0.1, 0.15) is 44.2 Å². The molecule has 1 amide bonds. The maximum atomic E-state index is 13.3. The van der Waals surface area contributed by atoms with Gasteiger partial charge in [0.25, 0.3) is 0 Å². The van der Waals surface area contributed by atoms with Crippen LogP contribution in [0.4, 0.5) is 0 Å². The van der Waals surface area contributed by atoms with Gasteiger partial charge in [-0.05, 0) is 37.7 Å². The Morgan fingerprint density at radius 1 is 1.24 bits per heavy atom. The molecule has 5 heteroatoms. The number of likely N-dealkylation sites (N-methyl/N-ethyl adjacent to an activating group) is 1. The number of carbonyl (C=O) groups excluding carboxylic acids is 1. The van der Waals surface area contributed by atoms with E-state index in [2.05, 4.69) is 45.0 Å². The fraction of sp³-hybridized carbons (Fsp3) is 0.650. The van der Waals surface area contributed by atoms with E-state index in [1.807, 2.05) is 11.9 Å². The molecule has 0 aromatic heterocycles. The summed E-state index contributed by atoms with van der Waals surface area (Å²) in [5.74, 6) is 0.633. The van der Waals surface area contributed by atoms with Crippen LogP contribution in [0.15, 0.2) is 24.3 Å². The van der Waals surface area contributed by atoms with E-state index in [1.165, 1.54) is 5.56 Å². The zero-order valence-corrected chi connectivity index (χ0v) is 16.8. The summed E-state index contributed by atoms with van der Waals surface area (Å²) in [6.07, 6.45) is 2.32. The van der Waals surface area contributed by atoms with Gasteiger partial charge in [-0.1, -0.05) is 43.7 Å². The van der Waals surface area contributed by atoms with E-state index in [1.54, 1.807) is 0 Å². The van der Waals surface area contributed by atoms with Crippen molar-refractivity contribution < 1.29 is 9.53 Å². The number of halogens is 1. The van der Waals surface area contributed by atoms with E-state index >= 15 is 0 Å². The minimum Gasteiger partial charge on any atom is -0.381 e. The molecule has 1 saturated heterocycles. The van der Waals surface area contributed by atoms with Crippen molar-refractivity contribution in [3.63, 3.8) is 0 Å². The summed E-state index contributed by atoms with van der Waals surface area (Å²) in [5.41, 5.74) is 8.02. The SMILES string of the molecule is Cc1ccc(C2(C(=O)N(C)CCC(N)C(C)C)CCOCC2)cc1.Cl. The molecule has 1 unspecified atom stereocenters. The average Bonchev–Trinajstić information content (AvgIpc) is 2.59. The van der Waals surface area contributed by atoms with Crippen LogP contribution in [0, 0.1) is 12.8 Å². The lowest BCUT2D eigenvalue weighted by Gasteiger charge is -2.39. The number of hydrogen-bond acceptors (Lipinski definition) is 3. The van der Waals surface area contributed by atoms with Gasteiger partial charge in [-0.15, -0.1) is 12.4 Å². The van der Waals surface area contributed by atoms with Gasteiger partial charge in [-0.25, -0.2) is 0 Å². The summed E-state index contributed by atoms with van der Waals surface area (Å²) in [7, 11) is 1.90. The standard InChI is InChI=1S/C20H32N2O2.ClH/c1-15(2)18(21)9-12-22(4)19(23)20(10-13-24-14-11-20)17-7-5-16(3)6-8-17;/h5-8,15,18H,9-14,21H2,1-4H3;1H. The van der Waals surface area contributed by atoms with Crippen molar-refractivity contribution in [2.45, 2.75) is 51.5 Å². The monoisotopic (exact) mass is 368 g/mol. The number of hydrogen-bond donors (Lipinski definition) is 1. The summed E-state index contributed by atoms with van der Waals surface area (Å²) in [5, 5.41) is 0. The molecule has 0 saturated carbocycles. The smallest absolute Gasteiger partial charge is 0.233 e. The van der Waals surface area contributed by atoms with Gasteiger partial charge >= 0.3 is 0 Å². The van der Waals surface area contributed by atoms with Crippen molar-refractivity contribution in [2.75, 3.05) is 26.8 Å². The number of nitrogens with zero attached hydrogens (tertiary/aromatic N) is 1. The summed E-state index contributed by atoms with van der Waals surface area (Å²) >= 11 is 0. The van der Waals surface area contributed by atoms with Crippen molar-refractivity contribution in [1.29, 1.82) is 0 Å². The lowest BCUT2D eigenvalue weighted by Crippen LogP contribution is -2.49. The highest BCUT2D eigenvalue weighted by atomic mass is 35.5. The highest BCUT2D eigenvalue weighted by molar-refractivity contribution is 5.88. The zero-order chi connectivity index (χ0) is 17.7. The van der Waals surface area contributed by atoms with E-state index in [0.29, 0.717) is 25.7 Å². The molecule has 0 bridgehead atoms. The van der Waals surface area contributed by atoms with E-state index in [4.69, 9.17) is 10.5 Å². The van der Waals surface area contributed by atoms with Gasteiger partial charge < -0.3 is 15.4 Å². The molecule has 1 aromatic rings. The molecule has 1 aliphatic heterocycles. The lowest BCUT2D eigenvalue weighted by molar-refractivity contribution is -0.140. The van der Waals surface area contributed by atoms with Gasteiger partial charge in [0.1, 0.15) is 0 Å². The number of nitrogens with two attached hydrogens (primary N) is 1. The Labute approximate surface area is 158 Å². The first kappa shape index (κ1) is 21.9. The van der Waals surface area contributed by atoms with Crippen LogP contribution >= 0.6 is 12.4 Å². The number of rotatable bonds is 6. The third kappa shape index (κ3) is 5.19. The van der Waals surface area contributed by atoms with Crippen molar-refractivity contribution in [3.8, 4) is 0 Å². The highest BCUT2D eigenvalue weighted by Gasteiger charge is 2.43. The van der Waals surface area contributed by atoms with Crippen molar-refractivity contribution >= 4 is 18.3 Å². The quantitative estimate of drug-likeness (QED) is 0.838. The van der Waals surface area contributed by atoms with Crippen LogP contribution in [0.2, 0.25) is 0 Å². The van der Waals surface area contributed by atoms with Gasteiger partial charge in [0.2, 0.25) is 5.91 Å². The van der Waals surface area contributed by atoms with E-state index in [0.717, 1.165) is 24.8 Å².